The van der Waals surface area contributed by atoms with Crippen LogP contribution in [0.2, 0.25) is 0 Å². The number of nitro groups is 1. The second-order valence-electron chi connectivity index (χ2n) is 5.08. The van der Waals surface area contributed by atoms with Crippen molar-refractivity contribution >= 4 is 22.6 Å². The minimum Gasteiger partial charge on any atom is -0.477 e. The fourth-order valence-electron chi connectivity index (χ4n) is 2.38. The highest BCUT2D eigenvalue weighted by atomic mass is 16.6. The van der Waals surface area contributed by atoms with E-state index in [0.29, 0.717) is 5.56 Å². The third-order valence-electron chi connectivity index (χ3n) is 3.53. The van der Waals surface area contributed by atoms with E-state index in [-0.39, 0.29) is 22.2 Å². The summed E-state index contributed by atoms with van der Waals surface area (Å²) in [7, 11) is 0. The first kappa shape index (κ1) is 16.0. The highest BCUT2D eigenvalue weighted by Crippen LogP contribution is 2.22. The molecule has 25 heavy (non-hydrogen) atoms. The number of carboxylic acid groups (broad SMARTS) is 1. The van der Waals surface area contributed by atoms with E-state index in [1.165, 1.54) is 18.2 Å². The lowest BCUT2D eigenvalue weighted by atomic mass is 10.1. The molecule has 3 aromatic rings. The van der Waals surface area contributed by atoms with Gasteiger partial charge in [0.2, 0.25) is 5.43 Å². The number of H-pyrrole nitrogens is 1. The van der Waals surface area contributed by atoms with Gasteiger partial charge < -0.3 is 10.1 Å². The molecular weight excluding hydrogens is 324 g/mol. The first-order valence-electron chi connectivity index (χ1n) is 7.13. The Morgan fingerprint density at radius 1 is 1.08 bits per heavy atom. The summed E-state index contributed by atoms with van der Waals surface area (Å²) in [5.41, 5.74) is -1.30. The average molecular weight is 334 g/mol. The van der Waals surface area contributed by atoms with Gasteiger partial charge in [0.1, 0.15) is 16.8 Å². The van der Waals surface area contributed by atoms with Gasteiger partial charge in [-0.1, -0.05) is 36.1 Å². The van der Waals surface area contributed by atoms with Crippen molar-refractivity contribution in [2.24, 2.45) is 0 Å². The molecule has 0 amide bonds. The molecular formula is C18H10N2O5. The van der Waals surface area contributed by atoms with Crippen molar-refractivity contribution in [1.29, 1.82) is 0 Å². The zero-order valence-corrected chi connectivity index (χ0v) is 12.6. The van der Waals surface area contributed by atoms with Crippen LogP contribution in [0.5, 0.6) is 0 Å². The number of nitrogens with one attached hydrogen (secondary N) is 1. The Labute approximate surface area is 140 Å². The monoisotopic (exact) mass is 334 g/mol. The van der Waals surface area contributed by atoms with Crippen molar-refractivity contribution in [2.75, 3.05) is 0 Å². The van der Waals surface area contributed by atoms with Crippen molar-refractivity contribution in [3.63, 3.8) is 0 Å². The predicted octanol–water partition coefficient (Wildman–Crippen LogP) is 2.53. The topological polar surface area (TPSA) is 113 Å². The number of fused-ring (bicyclic) bond motifs is 1. The number of hydrogen-bond donors (Lipinski definition) is 2. The lowest BCUT2D eigenvalue weighted by molar-refractivity contribution is -0.383. The molecule has 0 saturated carbocycles. The van der Waals surface area contributed by atoms with Crippen molar-refractivity contribution in [3.05, 3.63) is 85.7 Å². The van der Waals surface area contributed by atoms with Crippen LogP contribution >= 0.6 is 0 Å². The molecule has 0 aliphatic rings. The molecule has 7 heteroatoms. The average Bonchev–Trinajstić information content (AvgIpc) is 2.61. The molecule has 1 aromatic heterocycles. The Kier molecular flexibility index (Phi) is 4.02. The third-order valence-corrected chi connectivity index (χ3v) is 3.53. The van der Waals surface area contributed by atoms with Gasteiger partial charge in [-0.3, -0.25) is 14.9 Å². The van der Waals surface area contributed by atoms with Crippen LogP contribution in [0.3, 0.4) is 0 Å². The summed E-state index contributed by atoms with van der Waals surface area (Å²) >= 11 is 0. The number of hydrogen-bond acceptors (Lipinski definition) is 4. The van der Waals surface area contributed by atoms with E-state index in [1.54, 1.807) is 30.3 Å². The summed E-state index contributed by atoms with van der Waals surface area (Å²) < 4.78 is 0. The number of nitrogens with zero attached hydrogens (tertiary/aromatic N) is 1. The number of aromatic carboxylic acids is 1. The Morgan fingerprint density at radius 3 is 2.44 bits per heavy atom. The highest BCUT2D eigenvalue weighted by molar-refractivity contribution is 5.95. The van der Waals surface area contributed by atoms with Gasteiger partial charge in [0.05, 0.1) is 10.3 Å². The third kappa shape index (κ3) is 2.96. The van der Waals surface area contributed by atoms with Crippen LogP contribution in [-0.4, -0.2) is 21.0 Å². The molecule has 2 N–H and O–H groups in total. The number of aromatic amines is 1. The van der Waals surface area contributed by atoms with Crippen molar-refractivity contribution < 1.29 is 14.8 Å². The molecule has 0 fully saturated rings. The quantitative estimate of drug-likeness (QED) is 0.425. The number of para-hydroxylation sites is 1. The van der Waals surface area contributed by atoms with E-state index < -0.39 is 22.0 Å². The predicted molar refractivity (Wildman–Crippen MR) is 90.6 cm³/mol. The van der Waals surface area contributed by atoms with E-state index in [0.717, 1.165) is 0 Å². The Balaban J connectivity index is 2.33. The molecule has 0 radical (unpaired) electrons. The minimum atomic E-state index is -1.42. The van der Waals surface area contributed by atoms with Gasteiger partial charge >= 0.3 is 5.97 Å². The maximum atomic E-state index is 12.6. The molecule has 0 saturated heterocycles. The van der Waals surface area contributed by atoms with E-state index >= 15 is 0 Å². The fraction of sp³-hybridized carbons (Fsp3) is 0. The summed E-state index contributed by atoms with van der Waals surface area (Å²) in [4.78, 5) is 37.1. The van der Waals surface area contributed by atoms with Gasteiger partial charge in [-0.05, 0) is 18.2 Å². The second-order valence-corrected chi connectivity index (χ2v) is 5.08. The van der Waals surface area contributed by atoms with Gasteiger partial charge in [-0.25, -0.2) is 4.79 Å². The van der Waals surface area contributed by atoms with E-state index in [4.69, 9.17) is 0 Å². The summed E-state index contributed by atoms with van der Waals surface area (Å²) in [6.07, 6.45) is 0. The smallest absolute Gasteiger partial charge is 0.353 e. The first-order valence-corrected chi connectivity index (χ1v) is 7.13. The standard InChI is InChI=1S/C18H10N2O5/c21-17-12-7-4-8-14(20(24)25)15(12)19-16(18(22)23)13(17)10-9-11-5-2-1-3-6-11/h1-8H,(H,19,21)(H,22,23). The number of aromatic nitrogens is 1. The van der Waals surface area contributed by atoms with Crippen LogP contribution in [0.4, 0.5) is 5.69 Å². The van der Waals surface area contributed by atoms with Crippen LogP contribution in [-0.2, 0) is 0 Å². The van der Waals surface area contributed by atoms with E-state index in [1.807, 2.05) is 0 Å². The molecule has 3 rings (SSSR count). The molecule has 0 aliphatic heterocycles. The zero-order chi connectivity index (χ0) is 18.0. The molecule has 7 nitrogen and oxygen atoms in total. The molecule has 0 aliphatic carbocycles. The van der Waals surface area contributed by atoms with E-state index in [2.05, 4.69) is 16.8 Å². The van der Waals surface area contributed by atoms with Crippen molar-refractivity contribution in [1.82, 2.24) is 4.98 Å². The lowest BCUT2D eigenvalue weighted by Crippen LogP contribution is -2.16. The van der Waals surface area contributed by atoms with Gasteiger partial charge in [-0.2, -0.15) is 0 Å². The summed E-state index contributed by atoms with van der Waals surface area (Å²) in [5, 5.41) is 20.5. The summed E-state index contributed by atoms with van der Waals surface area (Å²) in [6, 6.07) is 12.7. The van der Waals surface area contributed by atoms with Crippen LogP contribution in [0.25, 0.3) is 10.9 Å². The maximum Gasteiger partial charge on any atom is 0.353 e. The fourth-order valence-corrected chi connectivity index (χ4v) is 2.38. The number of benzene rings is 2. The van der Waals surface area contributed by atoms with Gasteiger partial charge in [-0.15, -0.1) is 0 Å². The molecule has 0 atom stereocenters. The minimum absolute atomic E-state index is 0.0107. The van der Waals surface area contributed by atoms with Crippen molar-refractivity contribution in [2.45, 2.75) is 0 Å². The summed E-state index contributed by atoms with van der Waals surface area (Å²) in [6.45, 7) is 0. The number of carbonyl (C=O) groups is 1. The normalized spacial score (nSPS) is 10.1. The summed E-state index contributed by atoms with van der Waals surface area (Å²) in [5.74, 6) is 3.89. The number of non-ortho nitro benzene ring substituents is 1. The first-order chi connectivity index (χ1) is 12.0. The highest BCUT2D eigenvalue weighted by Gasteiger charge is 2.21. The molecule has 1 heterocycles. The largest absolute Gasteiger partial charge is 0.477 e. The number of nitro benzene ring substituents is 1. The number of carboxylic acids is 1. The van der Waals surface area contributed by atoms with Gasteiger partial charge in [0, 0.05) is 11.6 Å². The van der Waals surface area contributed by atoms with Crippen LogP contribution in [0.15, 0.2) is 53.3 Å². The van der Waals surface area contributed by atoms with Gasteiger partial charge in [0.15, 0.2) is 0 Å². The maximum absolute atomic E-state index is 12.6. The Hall–Kier alpha value is -3.92. The molecule has 122 valence electrons. The number of rotatable bonds is 2. The van der Waals surface area contributed by atoms with Crippen molar-refractivity contribution in [3.8, 4) is 11.8 Å². The van der Waals surface area contributed by atoms with Crippen LogP contribution in [0, 0.1) is 22.0 Å². The van der Waals surface area contributed by atoms with Crippen LogP contribution < -0.4 is 5.43 Å². The molecule has 0 unspecified atom stereocenters. The van der Waals surface area contributed by atoms with Crippen LogP contribution in [0.1, 0.15) is 21.6 Å². The Morgan fingerprint density at radius 2 is 1.80 bits per heavy atom. The number of pyridine rings is 1. The Bertz CT molecular complexity index is 1120. The molecule has 0 bridgehead atoms. The second kappa shape index (κ2) is 6.29. The van der Waals surface area contributed by atoms with E-state index in [9.17, 15) is 24.8 Å². The van der Waals surface area contributed by atoms with Gasteiger partial charge in [0.25, 0.3) is 5.69 Å². The molecule has 0 spiro atoms. The molecule has 2 aromatic carbocycles. The lowest BCUT2D eigenvalue weighted by Gasteiger charge is -2.04. The SMILES string of the molecule is O=C(O)c1[nH]c2c([N+](=O)[O-])cccc2c(=O)c1C#Cc1ccccc1. The zero-order valence-electron chi connectivity index (χ0n) is 12.6.